The first kappa shape index (κ1) is 15.5. The lowest BCUT2D eigenvalue weighted by molar-refractivity contribution is 0.0752. The lowest BCUT2D eigenvalue weighted by Crippen LogP contribution is -2.38. The minimum Gasteiger partial charge on any atom is -0.338 e. The molecule has 0 spiro atoms. The molecule has 3 rings (SSSR count). The van der Waals surface area contributed by atoms with Gasteiger partial charge in [0.15, 0.2) is 0 Å². The number of pyridine rings is 1. The van der Waals surface area contributed by atoms with E-state index in [1.807, 2.05) is 23.1 Å². The molecule has 1 aliphatic heterocycles. The van der Waals surface area contributed by atoms with E-state index >= 15 is 0 Å². The molecule has 2 heterocycles. The second kappa shape index (κ2) is 6.82. The summed E-state index contributed by atoms with van der Waals surface area (Å²) in [5.74, 6) is 0.198. The smallest absolute Gasteiger partial charge is 0.263 e. The van der Waals surface area contributed by atoms with Crippen LogP contribution in [0.25, 0.3) is 0 Å². The van der Waals surface area contributed by atoms with E-state index in [0.717, 1.165) is 25.8 Å². The van der Waals surface area contributed by atoms with Gasteiger partial charge in [-0.2, -0.15) is 0 Å². The van der Waals surface area contributed by atoms with E-state index in [0.29, 0.717) is 12.5 Å². The average Bonchev–Trinajstić information content (AvgIpc) is 2.84. The molecule has 0 bridgehead atoms. The first-order valence-corrected chi connectivity index (χ1v) is 8.16. The Hall–Kier alpha value is -2.36. The van der Waals surface area contributed by atoms with E-state index < -0.39 is 0 Å². The molecule has 1 atom stereocenters. The molecule has 1 amide bonds. The molecule has 120 valence electrons. The van der Waals surface area contributed by atoms with E-state index in [1.165, 1.54) is 10.1 Å². The topological polar surface area (TPSA) is 42.3 Å². The maximum absolute atomic E-state index is 12.8. The van der Waals surface area contributed by atoms with Gasteiger partial charge in [-0.15, -0.1) is 0 Å². The summed E-state index contributed by atoms with van der Waals surface area (Å²) in [4.78, 5) is 26.9. The van der Waals surface area contributed by atoms with Gasteiger partial charge in [-0.1, -0.05) is 36.8 Å². The Morgan fingerprint density at radius 3 is 2.65 bits per heavy atom. The minimum atomic E-state index is -0.224. The molecule has 1 saturated heterocycles. The Bertz CT molecular complexity index is 737. The van der Waals surface area contributed by atoms with Crippen molar-refractivity contribution in [1.29, 1.82) is 0 Å². The van der Waals surface area contributed by atoms with E-state index in [1.54, 1.807) is 25.4 Å². The predicted octanol–water partition coefficient (Wildman–Crippen LogP) is 2.80. The molecule has 1 unspecified atom stereocenters. The summed E-state index contributed by atoms with van der Waals surface area (Å²) in [5.41, 5.74) is 1.31. The SMILES string of the molecule is Cn1cccc(C(=O)N2CCCCC(c3ccccc3)C2)c1=O. The molecule has 0 saturated carbocycles. The van der Waals surface area contributed by atoms with Gasteiger partial charge in [0.1, 0.15) is 5.56 Å². The summed E-state index contributed by atoms with van der Waals surface area (Å²) in [6.07, 6.45) is 4.85. The fourth-order valence-corrected chi connectivity index (χ4v) is 3.25. The first-order valence-electron chi connectivity index (χ1n) is 8.16. The van der Waals surface area contributed by atoms with Gasteiger partial charge in [-0.3, -0.25) is 9.59 Å². The van der Waals surface area contributed by atoms with Gasteiger partial charge in [-0.25, -0.2) is 0 Å². The molecule has 2 aromatic rings. The number of hydrogen-bond donors (Lipinski definition) is 0. The van der Waals surface area contributed by atoms with Crippen LogP contribution in [0.3, 0.4) is 0 Å². The molecule has 1 fully saturated rings. The van der Waals surface area contributed by atoms with Crippen LogP contribution in [-0.4, -0.2) is 28.5 Å². The second-order valence-corrected chi connectivity index (χ2v) is 6.19. The van der Waals surface area contributed by atoms with Crippen LogP contribution in [0.5, 0.6) is 0 Å². The van der Waals surface area contributed by atoms with Crippen molar-refractivity contribution in [3.05, 3.63) is 70.1 Å². The summed E-state index contributed by atoms with van der Waals surface area (Å²) in [6.45, 7) is 1.40. The van der Waals surface area contributed by atoms with Crippen molar-refractivity contribution < 1.29 is 4.79 Å². The molecule has 1 aliphatic rings. The van der Waals surface area contributed by atoms with Crippen molar-refractivity contribution in [2.75, 3.05) is 13.1 Å². The number of aryl methyl sites for hydroxylation is 1. The highest BCUT2D eigenvalue weighted by molar-refractivity contribution is 5.93. The fourth-order valence-electron chi connectivity index (χ4n) is 3.25. The second-order valence-electron chi connectivity index (χ2n) is 6.19. The molecular formula is C19H22N2O2. The van der Waals surface area contributed by atoms with Crippen molar-refractivity contribution in [2.45, 2.75) is 25.2 Å². The summed E-state index contributed by atoms with van der Waals surface area (Å²) in [5, 5.41) is 0. The highest BCUT2D eigenvalue weighted by Crippen LogP contribution is 2.26. The summed E-state index contributed by atoms with van der Waals surface area (Å²) in [7, 11) is 1.67. The standard InChI is InChI=1S/C19H22N2O2/c1-20-12-7-11-17(18(20)22)19(23)21-13-6-5-10-16(14-21)15-8-3-2-4-9-15/h2-4,7-9,11-12,16H,5-6,10,13-14H2,1H3. The lowest BCUT2D eigenvalue weighted by atomic mass is 9.94. The van der Waals surface area contributed by atoms with Crippen LogP contribution in [0.4, 0.5) is 0 Å². The van der Waals surface area contributed by atoms with Gasteiger partial charge in [0, 0.05) is 32.3 Å². The Morgan fingerprint density at radius 2 is 1.87 bits per heavy atom. The quantitative estimate of drug-likeness (QED) is 0.856. The summed E-state index contributed by atoms with van der Waals surface area (Å²) >= 11 is 0. The Labute approximate surface area is 136 Å². The first-order chi connectivity index (χ1) is 11.2. The van der Waals surface area contributed by atoms with E-state index in [9.17, 15) is 9.59 Å². The van der Waals surface area contributed by atoms with Gasteiger partial charge in [-0.05, 0) is 30.5 Å². The molecule has 23 heavy (non-hydrogen) atoms. The van der Waals surface area contributed by atoms with Crippen molar-refractivity contribution >= 4 is 5.91 Å². The van der Waals surface area contributed by atoms with Crippen molar-refractivity contribution in [2.24, 2.45) is 7.05 Å². The van der Waals surface area contributed by atoms with Crippen LogP contribution in [0, 0.1) is 0 Å². The zero-order valence-electron chi connectivity index (χ0n) is 13.4. The minimum absolute atomic E-state index is 0.144. The van der Waals surface area contributed by atoms with Crippen molar-refractivity contribution in [3.8, 4) is 0 Å². The molecule has 1 aromatic carbocycles. The van der Waals surface area contributed by atoms with Crippen LogP contribution in [0.15, 0.2) is 53.5 Å². The molecule has 0 radical (unpaired) electrons. The number of amides is 1. The third-order valence-electron chi connectivity index (χ3n) is 4.58. The number of likely N-dealkylation sites (tertiary alicyclic amines) is 1. The lowest BCUT2D eigenvalue weighted by Gasteiger charge is -2.24. The number of rotatable bonds is 2. The van der Waals surface area contributed by atoms with E-state index in [2.05, 4.69) is 12.1 Å². The van der Waals surface area contributed by atoms with Gasteiger partial charge in [0.25, 0.3) is 11.5 Å². The molecule has 1 aromatic heterocycles. The maximum atomic E-state index is 12.8. The molecule has 0 aliphatic carbocycles. The zero-order chi connectivity index (χ0) is 16.2. The van der Waals surface area contributed by atoms with Crippen molar-refractivity contribution in [3.63, 3.8) is 0 Å². The van der Waals surface area contributed by atoms with Gasteiger partial charge >= 0.3 is 0 Å². The third-order valence-corrected chi connectivity index (χ3v) is 4.58. The number of benzene rings is 1. The van der Waals surface area contributed by atoms with Gasteiger partial charge in [0.2, 0.25) is 0 Å². The van der Waals surface area contributed by atoms with E-state index in [4.69, 9.17) is 0 Å². The number of carbonyl (C=O) groups is 1. The summed E-state index contributed by atoms with van der Waals surface area (Å²) in [6, 6.07) is 13.7. The van der Waals surface area contributed by atoms with Crippen molar-refractivity contribution in [1.82, 2.24) is 9.47 Å². The highest BCUT2D eigenvalue weighted by atomic mass is 16.2. The monoisotopic (exact) mass is 310 g/mol. The molecule has 4 heteroatoms. The normalized spacial score (nSPS) is 18.5. The van der Waals surface area contributed by atoms with Gasteiger partial charge < -0.3 is 9.47 Å². The molecule has 4 nitrogen and oxygen atoms in total. The largest absolute Gasteiger partial charge is 0.338 e. The Balaban J connectivity index is 1.85. The summed E-state index contributed by atoms with van der Waals surface area (Å²) < 4.78 is 1.46. The number of carbonyl (C=O) groups excluding carboxylic acids is 1. The van der Waals surface area contributed by atoms with Crippen LogP contribution < -0.4 is 5.56 Å². The number of hydrogen-bond acceptors (Lipinski definition) is 2. The average molecular weight is 310 g/mol. The highest BCUT2D eigenvalue weighted by Gasteiger charge is 2.25. The predicted molar refractivity (Wildman–Crippen MR) is 90.6 cm³/mol. The van der Waals surface area contributed by atoms with Gasteiger partial charge in [0.05, 0.1) is 0 Å². The van der Waals surface area contributed by atoms with Crippen LogP contribution in [0.2, 0.25) is 0 Å². The third kappa shape index (κ3) is 3.36. The fraction of sp³-hybridized carbons (Fsp3) is 0.368. The van der Waals surface area contributed by atoms with E-state index in [-0.39, 0.29) is 17.0 Å². The molecular weight excluding hydrogens is 288 g/mol. The molecule has 0 N–H and O–H groups in total. The Kier molecular flexibility index (Phi) is 4.60. The van der Waals surface area contributed by atoms with Crippen LogP contribution in [0.1, 0.15) is 41.1 Å². The van der Waals surface area contributed by atoms with Crippen LogP contribution >= 0.6 is 0 Å². The number of aromatic nitrogens is 1. The number of nitrogens with zero attached hydrogens (tertiary/aromatic N) is 2. The van der Waals surface area contributed by atoms with Crippen LogP contribution in [-0.2, 0) is 7.05 Å². The Morgan fingerprint density at radius 1 is 1.09 bits per heavy atom. The zero-order valence-corrected chi connectivity index (χ0v) is 13.4. The maximum Gasteiger partial charge on any atom is 0.263 e.